The molecule has 0 saturated carbocycles. The molecule has 0 unspecified atom stereocenters. The Balaban J connectivity index is 2.30. The van der Waals surface area contributed by atoms with Gasteiger partial charge in [0.2, 0.25) is 0 Å². The number of nitrogens with zero attached hydrogens (tertiary/aromatic N) is 3. The molecule has 0 aliphatic carbocycles. The summed E-state index contributed by atoms with van der Waals surface area (Å²) in [7, 11) is 0. The number of halogens is 1. The van der Waals surface area contributed by atoms with Crippen molar-refractivity contribution >= 4 is 15.9 Å². The molecule has 0 aliphatic rings. The van der Waals surface area contributed by atoms with Crippen molar-refractivity contribution in [2.75, 3.05) is 0 Å². The van der Waals surface area contributed by atoms with E-state index < -0.39 is 0 Å². The lowest BCUT2D eigenvalue weighted by atomic mass is 10.2. The topological polar surface area (TPSA) is 41.6 Å². The standard InChI is InChI=1S/C11H8BrN3/c12-11-10(6-13)15(8-14-11)7-9-4-2-1-3-5-9/h1-5,8H,7H2. The maximum absolute atomic E-state index is 8.93. The van der Waals surface area contributed by atoms with Gasteiger partial charge in [-0.25, -0.2) is 4.98 Å². The van der Waals surface area contributed by atoms with Crippen LogP contribution in [-0.4, -0.2) is 9.55 Å². The Morgan fingerprint density at radius 2 is 2.07 bits per heavy atom. The Hall–Kier alpha value is -1.60. The second-order valence-corrected chi connectivity index (χ2v) is 3.86. The highest BCUT2D eigenvalue weighted by atomic mass is 79.9. The molecule has 0 fully saturated rings. The van der Waals surface area contributed by atoms with E-state index in [1.807, 2.05) is 34.9 Å². The minimum Gasteiger partial charge on any atom is -0.317 e. The average molecular weight is 262 g/mol. The zero-order valence-electron chi connectivity index (χ0n) is 7.89. The van der Waals surface area contributed by atoms with Crippen LogP contribution in [0.1, 0.15) is 11.3 Å². The van der Waals surface area contributed by atoms with Gasteiger partial charge in [-0.1, -0.05) is 30.3 Å². The monoisotopic (exact) mass is 261 g/mol. The molecule has 0 aliphatic heterocycles. The summed E-state index contributed by atoms with van der Waals surface area (Å²) in [6.45, 7) is 0.669. The largest absolute Gasteiger partial charge is 0.317 e. The van der Waals surface area contributed by atoms with Crippen LogP contribution in [0.5, 0.6) is 0 Å². The Labute approximate surface area is 96.1 Å². The Morgan fingerprint density at radius 3 is 2.73 bits per heavy atom. The van der Waals surface area contributed by atoms with Crippen LogP contribution in [0.2, 0.25) is 0 Å². The summed E-state index contributed by atoms with van der Waals surface area (Å²) in [5.74, 6) is 0. The molecule has 0 amide bonds. The summed E-state index contributed by atoms with van der Waals surface area (Å²) >= 11 is 3.24. The van der Waals surface area contributed by atoms with Crippen LogP contribution in [0.25, 0.3) is 0 Å². The van der Waals surface area contributed by atoms with Crippen LogP contribution in [0.4, 0.5) is 0 Å². The summed E-state index contributed by atoms with van der Waals surface area (Å²) < 4.78 is 2.42. The predicted molar refractivity (Wildman–Crippen MR) is 60.2 cm³/mol. The summed E-state index contributed by atoms with van der Waals surface area (Å²) in [4.78, 5) is 4.04. The fourth-order valence-corrected chi connectivity index (χ4v) is 1.78. The molecule has 2 aromatic rings. The van der Waals surface area contributed by atoms with Crippen LogP contribution < -0.4 is 0 Å². The minimum atomic E-state index is 0.554. The van der Waals surface area contributed by atoms with Gasteiger partial charge in [-0.15, -0.1) is 0 Å². The van der Waals surface area contributed by atoms with Gasteiger partial charge in [0.15, 0.2) is 5.69 Å². The van der Waals surface area contributed by atoms with Crippen molar-refractivity contribution in [3.63, 3.8) is 0 Å². The van der Waals surface area contributed by atoms with Gasteiger partial charge in [-0.2, -0.15) is 5.26 Å². The average Bonchev–Trinajstić information content (AvgIpc) is 2.61. The van der Waals surface area contributed by atoms with E-state index in [1.54, 1.807) is 6.33 Å². The molecule has 4 heteroatoms. The summed E-state index contributed by atoms with van der Waals surface area (Å²) in [5.41, 5.74) is 1.71. The van der Waals surface area contributed by atoms with Gasteiger partial charge in [0, 0.05) is 6.54 Å². The van der Waals surface area contributed by atoms with E-state index in [0.717, 1.165) is 5.56 Å². The third-order valence-electron chi connectivity index (χ3n) is 2.09. The van der Waals surface area contributed by atoms with E-state index in [2.05, 4.69) is 27.0 Å². The molecule has 0 N–H and O–H groups in total. The van der Waals surface area contributed by atoms with E-state index in [1.165, 1.54) is 0 Å². The first-order chi connectivity index (χ1) is 7.31. The highest BCUT2D eigenvalue weighted by molar-refractivity contribution is 9.10. The van der Waals surface area contributed by atoms with Crippen molar-refractivity contribution in [3.8, 4) is 6.07 Å². The van der Waals surface area contributed by atoms with E-state index in [4.69, 9.17) is 5.26 Å². The molecule has 1 aromatic carbocycles. The fourth-order valence-electron chi connectivity index (χ4n) is 1.37. The second kappa shape index (κ2) is 4.28. The highest BCUT2D eigenvalue weighted by Gasteiger charge is 2.07. The zero-order valence-corrected chi connectivity index (χ0v) is 9.48. The van der Waals surface area contributed by atoms with Gasteiger partial charge in [0.25, 0.3) is 0 Å². The van der Waals surface area contributed by atoms with Crippen LogP contribution >= 0.6 is 15.9 Å². The first-order valence-corrected chi connectivity index (χ1v) is 5.25. The second-order valence-electron chi connectivity index (χ2n) is 3.11. The van der Waals surface area contributed by atoms with Gasteiger partial charge in [0.1, 0.15) is 10.7 Å². The maximum Gasteiger partial charge on any atom is 0.154 e. The fraction of sp³-hybridized carbons (Fsp3) is 0.0909. The molecule has 1 aromatic heterocycles. The van der Waals surface area contributed by atoms with Gasteiger partial charge >= 0.3 is 0 Å². The molecule has 0 atom stereocenters. The number of benzene rings is 1. The third kappa shape index (κ3) is 2.08. The smallest absolute Gasteiger partial charge is 0.154 e. The quantitative estimate of drug-likeness (QED) is 0.834. The SMILES string of the molecule is N#Cc1c(Br)ncn1Cc1ccccc1. The van der Waals surface area contributed by atoms with E-state index in [-0.39, 0.29) is 0 Å². The van der Waals surface area contributed by atoms with E-state index >= 15 is 0 Å². The van der Waals surface area contributed by atoms with Crippen molar-refractivity contribution in [2.45, 2.75) is 6.54 Å². The van der Waals surface area contributed by atoms with Crippen molar-refractivity contribution in [3.05, 3.63) is 52.5 Å². The van der Waals surface area contributed by atoms with Gasteiger partial charge < -0.3 is 4.57 Å². The molecule has 0 bridgehead atoms. The number of imidazole rings is 1. The van der Waals surface area contributed by atoms with Gasteiger partial charge in [-0.3, -0.25) is 0 Å². The van der Waals surface area contributed by atoms with E-state index in [9.17, 15) is 0 Å². The number of rotatable bonds is 2. The Bertz CT molecular complexity index is 496. The van der Waals surface area contributed by atoms with E-state index in [0.29, 0.717) is 16.8 Å². The molecule has 0 radical (unpaired) electrons. The van der Waals surface area contributed by atoms with Crippen LogP contribution in [0.3, 0.4) is 0 Å². The lowest BCUT2D eigenvalue weighted by molar-refractivity contribution is 0.785. The molecular weight excluding hydrogens is 254 g/mol. The first-order valence-electron chi connectivity index (χ1n) is 4.46. The molecule has 3 nitrogen and oxygen atoms in total. The predicted octanol–water partition coefficient (Wildman–Crippen LogP) is 2.57. The summed E-state index contributed by atoms with van der Waals surface area (Å²) in [6, 6.07) is 12.1. The molecule has 15 heavy (non-hydrogen) atoms. The minimum absolute atomic E-state index is 0.554. The number of aromatic nitrogens is 2. The van der Waals surface area contributed by atoms with Crippen LogP contribution in [0.15, 0.2) is 41.3 Å². The number of hydrogen-bond acceptors (Lipinski definition) is 2. The van der Waals surface area contributed by atoms with Crippen molar-refractivity contribution in [2.24, 2.45) is 0 Å². The lowest BCUT2D eigenvalue weighted by Crippen LogP contribution is -2.00. The Kier molecular flexibility index (Phi) is 2.84. The highest BCUT2D eigenvalue weighted by Crippen LogP contribution is 2.14. The summed E-state index contributed by atoms with van der Waals surface area (Å²) in [6.07, 6.45) is 1.66. The first kappa shape index (κ1) is 9.94. The van der Waals surface area contributed by atoms with Gasteiger partial charge in [0.05, 0.1) is 6.33 Å². The number of nitriles is 1. The summed E-state index contributed by atoms with van der Waals surface area (Å²) in [5, 5.41) is 8.93. The van der Waals surface area contributed by atoms with Crippen molar-refractivity contribution < 1.29 is 0 Å². The molecular formula is C11H8BrN3. The molecule has 1 heterocycles. The molecule has 0 spiro atoms. The Morgan fingerprint density at radius 1 is 1.33 bits per heavy atom. The van der Waals surface area contributed by atoms with Crippen LogP contribution in [0, 0.1) is 11.3 Å². The molecule has 74 valence electrons. The zero-order chi connectivity index (χ0) is 10.7. The third-order valence-corrected chi connectivity index (χ3v) is 2.68. The van der Waals surface area contributed by atoms with Crippen molar-refractivity contribution in [1.29, 1.82) is 5.26 Å². The molecule has 0 saturated heterocycles. The van der Waals surface area contributed by atoms with Gasteiger partial charge in [-0.05, 0) is 21.5 Å². The lowest BCUT2D eigenvalue weighted by Gasteiger charge is -2.03. The van der Waals surface area contributed by atoms with Crippen molar-refractivity contribution in [1.82, 2.24) is 9.55 Å². The normalized spacial score (nSPS) is 9.87. The number of hydrogen-bond donors (Lipinski definition) is 0. The van der Waals surface area contributed by atoms with Crippen LogP contribution in [-0.2, 0) is 6.54 Å². The maximum atomic E-state index is 8.93. The molecule has 2 rings (SSSR count).